The Morgan fingerprint density at radius 2 is 1.48 bits per heavy atom. The van der Waals surface area contributed by atoms with Crippen LogP contribution >= 0.6 is 42.0 Å². The van der Waals surface area contributed by atoms with Crippen molar-refractivity contribution >= 4 is 42.0 Å². The molecule has 0 aromatic carbocycles. The number of nitrogens with one attached hydrogen (secondary N) is 3. The molecule has 2 aromatic heterocycles. The molecule has 378 valence electrons. The molecular formula is C45H76N8O10P2S2. The van der Waals surface area contributed by atoms with Crippen molar-refractivity contribution in [2.24, 2.45) is 11.8 Å². The second kappa shape index (κ2) is 27.9. The molecule has 2 unspecified atom stereocenters. The first-order chi connectivity index (χ1) is 33.4. The highest BCUT2D eigenvalue weighted by Crippen LogP contribution is 2.65. The topological polar surface area (TPSA) is 195 Å². The summed E-state index contributed by atoms with van der Waals surface area (Å²) in [6, 6.07) is 1.62. The predicted molar refractivity (Wildman–Crippen MR) is 268 cm³/mol. The fourth-order valence-electron chi connectivity index (χ4n) is 8.81. The van der Waals surface area contributed by atoms with Gasteiger partial charge in [0.15, 0.2) is 18.6 Å². The Morgan fingerprint density at radius 3 is 1.99 bits per heavy atom. The molecule has 5 N–H and O–H groups in total. The highest BCUT2D eigenvalue weighted by atomic mass is 32.1. The van der Waals surface area contributed by atoms with Crippen molar-refractivity contribution in [3.63, 3.8) is 0 Å². The van der Waals surface area contributed by atoms with Gasteiger partial charge in [-0.2, -0.15) is 0 Å². The summed E-state index contributed by atoms with van der Waals surface area (Å²) >= 11 is 10.7. The van der Waals surface area contributed by atoms with Crippen molar-refractivity contribution in [1.82, 2.24) is 29.1 Å². The van der Waals surface area contributed by atoms with Crippen molar-refractivity contribution in [3.05, 3.63) is 76.6 Å². The minimum atomic E-state index is -1.46. The van der Waals surface area contributed by atoms with Crippen molar-refractivity contribution < 1.29 is 40.5 Å². The first kappa shape index (κ1) is 52.5. The standard InChI is InChI=1S/C21H33N4O4PS.C16H20N3O4PS.C6H15N.2CH4O/c1-14(2)25(15(3)4)30(27-11-10-22-6)29-21-9-7-8-17(21)28-18(12-21)24-13-16(5)19(26)23-20(24)31;1-9-8-19(15(25)18-14(9)20)12-7-16(23-24-21-4-3-17-2)6-10-5-11(10)13(16)22-12;1-5(2)7-6(3)4;2*1-2/h13-15,17-18H,7-12H2,1-5H3,(H,23,26,31);8,10-13,24H,3-7H2,1H3,(H,18,20,25);5-7H,1-4H3;2*2H,1H3/t17-,18-,21+,30?;10-,11-,12+,13+,16-;;;/m10.../s1/i8D;11D;;2*2T/t8-,17+,18+,21-,30?;m;;;/m00.... The zero-order chi connectivity index (χ0) is 53.4. The second-order valence-corrected chi connectivity index (χ2v) is 20.7. The Labute approximate surface area is 416 Å². The SMILES string of the molecule is CC(C)NC(C)C.[2H][C@H]1CC[C@]2(OP(OCC[N+]#[C-])N(C(C)C)C(C)C)C[C@H](n3cc(C)c(=O)[nH]c3=S)O[C@H]12.[2H][C@]12C[C@H]1C[C@]1(OPOCC[N+]#[C-])C[C@H](n3cc(C)c(=O)[nH]c3=S)O[C@@H]12.[3H]OC.[3H]OC. The van der Waals surface area contributed by atoms with Crippen LogP contribution in [0.15, 0.2) is 22.0 Å². The van der Waals surface area contributed by atoms with Gasteiger partial charge in [0, 0.05) is 77.5 Å². The third-order valence-electron chi connectivity index (χ3n) is 11.5. The average Bonchev–Trinajstić information content (AvgIpc) is 3.57. The smallest absolute Gasteiger partial charge is 0.260 e. The van der Waals surface area contributed by atoms with Crippen LogP contribution in [0.3, 0.4) is 0 Å². The maximum atomic E-state index is 11.9. The van der Waals surface area contributed by atoms with E-state index in [1.165, 1.54) is 14.2 Å². The number of aliphatic hydroxyl groups excluding tert-OH is 2. The number of aliphatic hydroxyl groups is 2. The summed E-state index contributed by atoms with van der Waals surface area (Å²) in [5.74, 6) is -0.304. The van der Waals surface area contributed by atoms with Gasteiger partial charge in [-0.05, 0) is 110 Å². The van der Waals surface area contributed by atoms with E-state index in [1.54, 1.807) is 35.4 Å². The summed E-state index contributed by atoms with van der Waals surface area (Å²) in [5, 5.41) is 10.3. The molecule has 5 aliphatic rings. The third-order valence-corrected chi connectivity index (χ3v) is 15.1. The lowest BCUT2D eigenvalue weighted by molar-refractivity contribution is -0.0440. The van der Waals surface area contributed by atoms with Gasteiger partial charge in [-0.15, -0.1) is 0 Å². The van der Waals surface area contributed by atoms with Crippen LogP contribution in [0.1, 0.15) is 127 Å². The minimum Gasteiger partial charge on any atom is -0.400 e. The minimum absolute atomic E-state index is 0.183. The number of hydrogen-bond acceptors (Lipinski definition) is 14. The number of aromatic nitrogens is 4. The third kappa shape index (κ3) is 15.8. The molecule has 18 nitrogen and oxygen atoms in total. The van der Waals surface area contributed by atoms with Gasteiger partial charge in [0.1, 0.15) is 36.9 Å². The zero-order valence-electron chi connectivity index (χ0n) is 45.1. The molecular weight excluding hydrogens is 939 g/mol. The molecule has 22 heteroatoms. The number of rotatable bonds is 17. The van der Waals surface area contributed by atoms with E-state index in [2.05, 4.69) is 95.3 Å². The quantitative estimate of drug-likeness (QED) is 0.0442. The molecule has 3 aliphatic carbocycles. The van der Waals surface area contributed by atoms with Crippen LogP contribution in [-0.4, -0.2) is 125 Å². The van der Waals surface area contributed by atoms with Crippen LogP contribution in [0.4, 0.5) is 0 Å². The molecule has 4 heterocycles. The van der Waals surface area contributed by atoms with Crippen molar-refractivity contribution in [1.29, 1.82) is 2.86 Å². The van der Waals surface area contributed by atoms with E-state index in [-0.39, 0.29) is 51.1 Å². The van der Waals surface area contributed by atoms with Gasteiger partial charge < -0.3 is 52.8 Å². The predicted octanol–water partition coefficient (Wildman–Crippen LogP) is 8.07. The van der Waals surface area contributed by atoms with Gasteiger partial charge in [0.05, 0.1) is 12.2 Å². The Bertz CT molecular complexity index is 2310. The molecule has 7 rings (SSSR count). The first-order valence-corrected chi connectivity index (χ1v) is 25.4. The Hall–Kier alpha value is -2.36. The maximum Gasteiger partial charge on any atom is 0.260 e. The maximum absolute atomic E-state index is 11.9. The van der Waals surface area contributed by atoms with Crippen molar-refractivity contribution in [3.8, 4) is 0 Å². The summed E-state index contributed by atoms with van der Waals surface area (Å²) in [7, 11) is 0.941. The highest BCUT2D eigenvalue weighted by molar-refractivity contribution is 7.71. The number of fused-ring (bicyclic) bond motifs is 4. The Morgan fingerprint density at radius 1 is 0.955 bits per heavy atom. The summed E-state index contributed by atoms with van der Waals surface area (Å²) in [5.41, 5.74) is -0.554. The van der Waals surface area contributed by atoms with Gasteiger partial charge >= 0.3 is 0 Å². The Balaban J connectivity index is 0.000000305. The number of aryl methyl sites for hydroxylation is 2. The molecule has 11 atom stereocenters. The largest absolute Gasteiger partial charge is 0.400 e. The van der Waals surface area contributed by atoms with E-state index in [0.29, 0.717) is 84.1 Å². The molecule has 3 saturated carbocycles. The number of ether oxygens (including phenoxy) is 2. The first-order valence-electron chi connectivity index (χ1n) is 24.6. The fraction of sp³-hybridized carbons (Fsp3) is 0.778. The van der Waals surface area contributed by atoms with Crippen molar-refractivity contribution in [2.75, 3.05) is 40.5 Å². The number of hydrogen-bond donors (Lipinski definition) is 5. The lowest BCUT2D eigenvalue weighted by atomic mass is 9.93. The molecule has 2 saturated heterocycles. The number of aromatic amines is 2. The van der Waals surface area contributed by atoms with E-state index >= 15 is 0 Å². The molecule has 0 radical (unpaired) electrons. The number of H-pyrrole nitrogens is 2. The molecule has 2 aliphatic heterocycles. The Kier molecular flexibility index (Phi) is 21.8. The van der Waals surface area contributed by atoms with Crippen LogP contribution in [0.5, 0.6) is 0 Å². The normalized spacial score (nSPS) is 30.0. The van der Waals surface area contributed by atoms with Crippen LogP contribution in [-0.2, 0) is 27.6 Å². The average molecular weight is 1020 g/mol. The summed E-state index contributed by atoms with van der Waals surface area (Å²) in [6.45, 7) is 35.5. The van der Waals surface area contributed by atoms with Gasteiger partial charge in [-0.1, -0.05) is 27.7 Å². The van der Waals surface area contributed by atoms with Gasteiger partial charge in [-0.3, -0.25) is 28.7 Å². The van der Waals surface area contributed by atoms with Crippen LogP contribution < -0.4 is 16.4 Å². The van der Waals surface area contributed by atoms with Crippen molar-refractivity contribution in [2.45, 2.75) is 174 Å². The molecule has 0 amide bonds. The van der Waals surface area contributed by atoms with Crippen LogP contribution in [0, 0.1) is 48.3 Å². The van der Waals surface area contributed by atoms with E-state index in [9.17, 15) is 9.59 Å². The van der Waals surface area contributed by atoms with E-state index in [4.69, 9.17) is 70.8 Å². The molecule has 0 bridgehead atoms. The molecule has 67 heavy (non-hydrogen) atoms. The highest BCUT2D eigenvalue weighted by Gasteiger charge is 2.67. The van der Waals surface area contributed by atoms with Crippen LogP contribution in [0.25, 0.3) is 9.69 Å². The van der Waals surface area contributed by atoms with E-state index in [0.717, 1.165) is 12.8 Å². The molecule has 5 fully saturated rings. The van der Waals surface area contributed by atoms with E-state index < -0.39 is 44.4 Å². The molecule has 2 aromatic rings. The van der Waals surface area contributed by atoms with E-state index in [1.807, 2.05) is 0 Å². The lowest BCUT2D eigenvalue weighted by Crippen LogP contribution is -2.40. The fourth-order valence-corrected chi connectivity index (χ4v) is 11.9. The monoisotopic (exact) mass is 1020 g/mol. The summed E-state index contributed by atoms with van der Waals surface area (Å²) in [4.78, 5) is 35.7. The van der Waals surface area contributed by atoms with Gasteiger partial charge in [0.25, 0.3) is 19.6 Å². The second-order valence-electron chi connectivity index (χ2n) is 17.9. The molecule has 0 spiro atoms. The zero-order valence-corrected chi connectivity index (χ0v) is 44.6. The number of nitrogens with zero attached hydrogens (tertiary/aromatic N) is 5. The van der Waals surface area contributed by atoms with Gasteiger partial charge in [0.2, 0.25) is 16.0 Å². The summed E-state index contributed by atoms with van der Waals surface area (Å²) < 4.78 is 72.0. The summed E-state index contributed by atoms with van der Waals surface area (Å²) in [6.07, 6.45) is 5.49. The van der Waals surface area contributed by atoms with Crippen LogP contribution in [0.2, 0.25) is 0 Å². The lowest BCUT2D eigenvalue weighted by Gasteiger charge is -2.40. The van der Waals surface area contributed by atoms with Gasteiger partial charge in [-0.25, -0.2) is 17.8 Å².